The normalized spacial score (nSPS) is 13.2. The Morgan fingerprint density at radius 1 is 1.31 bits per heavy atom. The number of benzene rings is 1. The molecule has 1 aromatic carbocycles. The first-order chi connectivity index (χ1) is 7.41. The van der Waals surface area contributed by atoms with Crippen LogP contribution in [0, 0.1) is 5.41 Å². The minimum absolute atomic E-state index is 0.121. The molecule has 0 radical (unpaired) electrons. The Labute approximate surface area is 95.4 Å². The molecule has 0 saturated heterocycles. The number of halogens is 1. The van der Waals surface area contributed by atoms with Gasteiger partial charge in [0.1, 0.15) is 6.61 Å². The molecule has 1 unspecified atom stereocenters. The molecular formula is C13H17FO2. The molecule has 88 valence electrons. The topological polar surface area (TPSA) is 26.3 Å². The molecule has 0 spiro atoms. The standard InChI is InChI=1S/C13H17FO2/c1-13(2,3)11(14)12(15)16-9-10-7-5-4-6-8-10/h4-8,11H,9H2,1-3H3. The van der Waals surface area contributed by atoms with E-state index in [1.807, 2.05) is 30.3 Å². The van der Waals surface area contributed by atoms with Crippen molar-refractivity contribution in [2.75, 3.05) is 0 Å². The quantitative estimate of drug-likeness (QED) is 0.737. The lowest BCUT2D eigenvalue weighted by Gasteiger charge is -2.21. The van der Waals surface area contributed by atoms with Crippen LogP contribution in [-0.4, -0.2) is 12.1 Å². The van der Waals surface area contributed by atoms with E-state index in [4.69, 9.17) is 4.74 Å². The molecule has 16 heavy (non-hydrogen) atoms. The third kappa shape index (κ3) is 3.65. The maximum Gasteiger partial charge on any atom is 0.341 e. The molecule has 0 saturated carbocycles. The minimum atomic E-state index is -1.59. The van der Waals surface area contributed by atoms with Crippen LogP contribution in [0.15, 0.2) is 30.3 Å². The largest absolute Gasteiger partial charge is 0.459 e. The maximum atomic E-state index is 13.5. The van der Waals surface area contributed by atoms with Crippen LogP contribution in [0.1, 0.15) is 26.3 Å². The predicted molar refractivity (Wildman–Crippen MR) is 60.6 cm³/mol. The van der Waals surface area contributed by atoms with Crippen LogP contribution in [0.5, 0.6) is 0 Å². The van der Waals surface area contributed by atoms with Gasteiger partial charge in [-0.25, -0.2) is 9.18 Å². The van der Waals surface area contributed by atoms with Crippen molar-refractivity contribution in [3.8, 4) is 0 Å². The number of alkyl halides is 1. The fraction of sp³-hybridized carbons (Fsp3) is 0.462. The zero-order valence-electron chi connectivity index (χ0n) is 9.87. The van der Waals surface area contributed by atoms with E-state index in [1.165, 1.54) is 0 Å². The Hall–Kier alpha value is -1.38. The zero-order chi connectivity index (χ0) is 12.2. The van der Waals surface area contributed by atoms with Crippen LogP contribution in [0.3, 0.4) is 0 Å². The number of carbonyl (C=O) groups is 1. The molecule has 1 atom stereocenters. The van der Waals surface area contributed by atoms with Crippen LogP contribution in [-0.2, 0) is 16.1 Å². The summed E-state index contributed by atoms with van der Waals surface area (Å²) in [6.45, 7) is 5.13. The van der Waals surface area contributed by atoms with Crippen LogP contribution in [0.4, 0.5) is 4.39 Å². The second-order valence-corrected chi connectivity index (χ2v) is 4.82. The molecule has 2 nitrogen and oxygen atoms in total. The summed E-state index contributed by atoms with van der Waals surface area (Å²) < 4.78 is 18.4. The van der Waals surface area contributed by atoms with Gasteiger partial charge in [0.2, 0.25) is 6.17 Å². The van der Waals surface area contributed by atoms with Crippen molar-refractivity contribution in [1.82, 2.24) is 0 Å². The molecule has 0 fully saturated rings. The summed E-state index contributed by atoms with van der Waals surface area (Å²) in [5.74, 6) is -0.795. The van der Waals surface area contributed by atoms with Gasteiger partial charge in [0.25, 0.3) is 0 Å². The molecule has 1 rings (SSSR count). The van der Waals surface area contributed by atoms with E-state index in [2.05, 4.69) is 0 Å². The van der Waals surface area contributed by atoms with Gasteiger partial charge in [-0.15, -0.1) is 0 Å². The van der Waals surface area contributed by atoms with Gasteiger partial charge in [-0.05, 0) is 5.56 Å². The van der Waals surface area contributed by atoms with Crippen LogP contribution in [0.2, 0.25) is 0 Å². The number of hydrogen-bond acceptors (Lipinski definition) is 2. The summed E-state index contributed by atoms with van der Waals surface area (Å²) in [4.78, 5) is 11.4. The van der Waals surface area contributed by atoms with E-state index in [9.17, 15) is 9.18 Å². The number of ether oxygens (including phenoxy) is 1. The van der Waals surface area contributed by atoms with Crippen LogP contribution >= 0.6 is 0 Å². The first-order valence-corrected chi connectivity index (χ1v) is 5.26. The SMILES string of the molecule is CC(C)(C)C(F)C(=O)OCc1ccccc1. The summed E-state index contributed by atoms with van der Waals surface area (Å²) in [5.41, 5.74) is 0.144. The molecule has 1 aromatic rings. The van der Waals surface area contributed by atoms with Crippen LogP contribution in [0.25, 0.3) is 0 Å². The summed E-state index contributed by atoms with van der Waals surface area (Å²) in [5, 5.41) is 0. The van der Waals surface area contributed by atoms with Crippen molar-refractivity contribution in [2.24, 2.45) is 5.41 Å². The highest BCUT2D eigenvalue weighted by molar-refractivity contribution is 5.75. The highest BCUT2D eigenvalue weighted by atomic mass is 19.1. The lowest BCUT2D eigenvalue weighted by molar-refractivity contribution is -0.155. The van der Waals surface area contributed by atoms with Gasteiger partial charge >= 0.3 is 5.97 Å². The van der Waals surface area contributed by atoms with Gasteiger partial charge in [-0.2, -0.15) is 0 Å². The number of hydrogen-bond donors (Lipinski definition) is 0. The number of carbonyl (C=O) groups excluding carboxylic acids is 1. The summed E-state index contributed by atoms with van der Waals surface area (Å²) in [6, 6.07) is 9.23. The third-order valence-electron chi connectivity index (χ3n) is 2.19. The van der Waals surface area contributed by atoms with Gasteiger partial charge in [-0.3, -0.25) is 0 Å². The Morgan fingerprint density at radius 3 is 2.38 bits per heavy atom. The van der Waals surface area contributed by atoms with E-state index >= 15 is 0 Å². The Morgan fingerprint density at radius 2 is 1.88 bits per heavy atom. The highest BCUT2D eigenvalue weighted by Crippen LogP contribution is 2.23. The average molecular weight is 224 g/mol. The lowest BCUT2D eigenvalue weighted by atomic mass is 9.90. The molecule has 0 N–H and O–H groups in total. The van der Waals surface area contributed by atoms with Crippen LogP contribution < -0.4 is 0 Å². The zero-order valence-corrected chi connectivity index (χ0v) is 9.87. The monoisotopic (exact) mass is 224 g/mol. The molecule has 0 bridgehead atoms. The maximum absolute atomic E-state index is 13.5. The average Bonchev–Trinajstić information content (AvgIpc) is 2.25. The van der Waals surface area contributed by atoms with E-state index < -0.39 is 17.6 Å². The molecule has 0 aromatic heterocycles. The fourth-order valence-electron chi connectivity index (χ4n) is 1.16. The Balaban J connectivity index is 2.48. The lowest BCUT2D eigenvalue weighted by Crippen LogP contribution is -2.31. The fourth-order valence-corrected chi connectivity index (χ4v) is 1.16. The van der Waals surface area contributed by atoms with Gasteiger partial charge < -0.3 is 4.74 Å². The minimum Gasteiger partial charge on any atom is -0.459 e. The van der Waals surface area contributed by atoms with E-state index in [1.54, 1.807) is 20.8 Å². The summed E-state index contributed by atoms with van der Waals surface area (Å²) in [6.07, 6.45) is -1.59. The second kappa shape index (κ2) is 5.10. The second-order valence-electron chi connectivity index (χ2n) is 4.82. The van der Waals surface area contributed by atoms with E-state index in [-0.39, 0.29) is 6.61 Å². The summed E-state index contributed by atoms with van der Waals surface area (Å²) >= 11 is 0. The predicted octanol–water partition coefficient (Wildman–Crippen LogP) is 3.11. The molecule has 3 heteroatoms. The summed E-state index contributed by atoms with van der Waals surface area (Å²) in [7, 11) is 0. The Kier molecular flexibility index (Phi) is 4.05. The first-order valence-electron chi connectivity index (χ1n) is 5.26. The number of esters is 1. The molecule has 0 amide bonds. The van der Waals surface area contributed by atoms with Crippen molar-refractivity contribution in [3.05, 3.63) is 35.9 Å². The molecule has 0 aliphatic rings. The Bertz CT molecular complexity index is 341. The van der Waals surface area contributed by atoms with Gasteiger partial charge in [0, 0.05) is 5.41 Å². The molecule has 0 aliphatic heterocycles. The van der Waals surface area contributed by atoms with Gasteiger partial charge in [-0.1, -0.05) is 51.1 Å². The van der Waals surface area contributed by atoms with Gasteiger partial charge in [0.15, 0.2) is 0 Å². The van der Waals surface area contributed by atoms with Crippen molar-refractivity contribution in [3.63, 3.8) is 0 Å². The molecule has 0 aliphatic carbocycles. The molecule has 0 heterocycles. The van der Waals surface area contributed by atoms with E-state index in [0.717, 1.165) is 5.56 Å². The third-order valence-corrected chi connectivity index (χ3v) is 2.19. The van der Waals surface area contributed by atoms with Gasteiger partial charge in [0.05, 0.1) is 0 Å². The number of rotatable bonds is 3. The van der Waals surface area contributed by atoms with Crippen molar-refractivity contribution >= 4 is 5.97 Å². The molecular weight excluding hydrogens is 207 g/mol. The highest BCUT2D eigenvalue weighted by Gasteiger charge is 2.32. The van der Waals surface area contributed by atoms with Crippen molar-refractivity contribution < 1.29 is 13.9 Å². The first kappa shape index (κ1) is 12.7. The van der Waals surface area contributed by atoms with Crippen molar-refractivity contribution in [1.29, 1.82) is 0 Å². The smallest absolute Gasteiger partial charge is 0.341 e. The van der Waals surface area contributed by atoms with Crippen molar-refractivity contribution in [2.45, 2.75) is 33.5 Å². The van der Waals surface area contributed by atoms with E-state index in [0.29, 0.717) is 0 Å².